The minimum Gasteiger partial charge on any atom is -0.505 e. The number of nitrogens with zero attached hydrogens (tertiary/aromatic N) is 2. The van der Waals surface area contributed by atoms with Crippen molar-refractivity contribution in [2.75, 3.05) is 0 Å². The van der Waals surface area contributed by atoms with Gasteiger partial charge in [-0.05, 0) is 38.8 Å². The van der Waals surface area contributed by atoms with Crippen molar-refractivity contribution in [2.45, 2.75) is 20.0 Å². The van der Waals surface area contributed by atoms with Gasteiger partial charge in [0.25, 0.3) is 5.91 Å². The van der Waals surface area contributed by atoms with Crippen LogP contribution in [0.4, 0.5) is 0 Å². The highest BCUT2D eigenvalue weighted by Crippen LogP contribution is 2.34. The van der Waals surface area contributed by atoms with Gasteiger partial charge >= 0.3 is 0 Å². The number of carbonyl (C=O) groups is 1. The van der Waals surface area contributed by atoms with Crippen LogP contribution in [-0.4, -0.2) is 28.8 Å². The van der Waals surface area contributed by atoms with Crippen LogP contribution in [0, 0.1) is 0 Å². The number of carbonyl (C=O) groups excluding carboxylic acids is 1. The first-order valence-corrected chi connectivity index (χ1v) is 6.31. The Bertz CT molecular complexity index is 698. The Balaban J connectivity index is 2.65. The third-order valence-corrected chi connectivity index (χ3v) is 2.91. The molecule has 6 heteroatoms. The predicted octanol–water partition coefficient (Wildman–Crippen LogP) is 3.22. The molecule has 1 aromatic carbocycles. The number of hydrogen-bond donors (Lipinski definition) is 1. The summed E-state index contributed by atoms with van der Waals surface area (Å²) in [5, 5.41) is 11.1. The van der Waals surface area contributed by atoms with Crippen molar-refractivity contribution in [3.8, 4) is 11.5 Å². The van der Waals surface area contributed by atoms with E-state index in [-0.39, 0.29) is 22.7 Å². The van der Waals surface area contributed by atoms with E-state index >= 15 is 0 Å². The summed E-state index contributed by atoms with van der Waals surface area (Å²) >= 11 is 6.05. The molecule has 0 aliphatic rings. The standard InChI is InChI=1S/C14H13ClN2O3/c1-7(2)20-8-4-5-9-10(6-8)13(15)17-11(12(9)18)14(19)16-3/h4-7,18H,3H2,1-2H3. The molecule has 0 bridgehead atoms. The van der Waals surface area contributed by atoms with Crippen molar-refractivity contribution in [2.24, 2.45) is 4.99 Å². The molecule has 0 saturated heterocycles. The Labute approximate surface area is 120 Å². The van der Waals surface area contributed by atoms with Crippen LogP contribution in [0.1, 0.15) is 24.3 Å². The Morgan fingerprint density at radius 1 is 1.45 bits per heavy atom. The monoisotopic (exact) mass is 292 g/mol. The van der Waals surface area contributed by atoms with E-state index in [1.54, 1.807) is 18.2 Å². The van der Waals surface area contributed by atoms with Crippen LogP contribution in [0.2, 0.25) is 5.15 Å². The lowest BCUT2D eigenvalue weighted by atomic mass is 10.1. The molecule has 0 atom stereocenters. The van der Waals surface area contributed by atoms with Gasteiger partial charge in [-0.1, -0.05) is 11.6 Å². The fourth-order valence-electron chi connectivity index (χ4n) is 1.81. The molecular formula is C14H13ClN2O3. The van der Waals surface area contributed by atoms with Gasteiger partial charge < -0.3 is 9.84 Å². The number of rotatable bonds is 3. The summed E-state index contributed by atoms with van der Waals surface area (Å²) in [6.45, 7) is 6.92. The lowest BCUT2D eigenvalue weighted by Crippen LogP contribution is -2.05. The summed E-state index contributed by atoms with van der Waals surface area (Å²) in [5.74, 6) is -0.386. The molecular weight excluding hydrogens is 280 g/mol. The summed E-state index contributed by atoms with van der Waals surface area (Å²) in [6.07, 6.45) is 0.0126. The van der Waals surface area contributed by atoms with E-state index in [1.807, 2.05) is 13.8 Å². The number of benzene rings is 1. The number of halogens is 1. The highest BCUT2D eigenvalue weighted by Gasteiger charge is 2.18. The number of aromatic hydroxyl groups is 1. The van der Waals surface area contributed by atoms with Crippen LogP contribution in [0.15, 0.2) is 23.2 Å². The van der Waals surface area contributed by atoms with E-state index in [0.29, 0.717) is 16.5 Å². The maximum atomic E-state index is 11.5. The summed E-state index contributed by atoms with van der Waals surface area (Å²) in [6, 6.07) is 4.98. The number of aliphatic imine (C=N–C) groups is 1. The van der Waals surface area contributed by atoms with Gasteiger partial charge in [-0.15, -0.1) is 0 Å². The molecule has 2 aromatic rings. The molecule has 1 heterocycles. The molecule has 0 saturated carbocycles. The number of fused-ring (bicyclic) bond motifs is 1. The number of aromatic nitrogens is 1. The van der Waals surface area contributed by atoms with Gasteiger partial charge in [0.05, 0.1) is 6.10 Å². The maximum absolute atomic E-state index is 11.5. The van der Waals surface area contributed by atoms with E-state index < -0.39 is 5.91 Å². The van der Waals surface area contributed by atoms with Crippen molar-refractivity contribution >= 4 is 35.0 Å². The number of pyridine rings is 1. The zero-order chi connectivity index (χ0) is 14.9. The van der Waals surface area contributed by atoms with Crippen molar-refractivity contribution in [3.05, 3.63) is 29.0 Å². The Morgan fingerprint density at radius 2 is 2.15 bits per heavy atom. The molecule has 0 spiro atoms. The quantitative estimate of drug-likeness (QED) is 0.696. The SMILES string of the molecule is C=NC(=O)c1nc(Cl)c2cc(OC(C)C)ccc2c1O. The Kier molecular flexibility index (Phi) is 3.90. The zero-order valence-electron chi connectivity index (χ0n) is 11.1. The topological polar surface area (TPSA) is 71.8 Å². The average molecular weight is 293 g/mol. The third-order valence-electron chi connectivity index (χ3n) is 2.62. The first-order chi connectivity index (χ1) is 9.43. The lowest BCUT2D eigenvalue weighted by Gasteiger charge is -2.12. The van der Waals surface area contributed by atoms with Crippen LogP contribution < -0.4 is 4.74 Å². The second kappa shape index (κ2) is 5.46. The van der Waals surface area contributed by atoms with Gasteiger partial charge in [-0.2, -0.15) is 0 Å². The molecule has 20 heavy (non-hydrogen) atoms. The first-order valence-electron chi connectivity index (χ1n) is 5.94. The second-order valence-corrected chi connectivity index (χ2v) is 4.80. The van der Waals surface area contributed by atoms with Crippen LogP contribution >= 0.6 is 11.6 Å². The summed E-state index contributed by atoms with van der Waals surface area (Å²) in [7, 11) is 0. The number of amides is 1. The van der Waals surface area contributed by atoms with E-state index in [2.05, 4.69) is 16.7 Å². The minimum absolute atomic E-state index is 0.0126. The summed E-state index contributed by atoms with van der Waals surface area (Å²) < 4.78 is 5.55. The normalized spacial score (nSPS) is 10.8. The van der Waals surface area contributed by atoms with Gasteiger partial charge in [0.15, 0.2) is 11.4 Å². The number of hydrogen-bond acceptors (Lipinski definition) is 4. The molecule has 0 aliphatic carbocycles. The zero-order valence-corrected chi connectivity index (χ0v) is 11.8. The van der Waals surface area contributed by atoms with Crippen LogP contribution in [0.25, 0.3) is 10.8 Å². The molecule has 0 unspecified atom stereocenters. The van der Waals surface area contributed by atoms with Crippen molar-refractivity contribution in [1.82, 2.24) is 4.98 Å². The fourth-order valence-corrected chi connectivity index (χ4v) is 2.05. The summed E-state index contributed by atoms with van der Waals surface area (Å²) in [4.78, 5) is 18.6. The Hall–Kier alpha value is -2.14. The van der Waals surface area contributed by atoms with E-state index in [0.717, 1.165) is 0 Å². The van der Waals surface area contributed by atoms with E-state index in [1.165, 1.54) is 0 Å². The second-order valence-electron chi connectivity index (χ2n) is 4.44. The maximum Gasteiger partial charge on any atom is 0.298 e. The van der Waals surface area contributed by atoms with Gasteiger partial charge in [0.1, 0.15) is 10.9 Å². The van der Waals surface area contributed by atoms with Crippen LogP contribution in [0.5, 0.6) is 11.5 Å². The highest BCUT2D eigenvalue weighted by atomic mass is 35.5. The van der Waals surface area contributed by atoms with Crippen molar-refractivity contribution in [1.29, 1.82) is 0 Å². The summed E-state index contributed by atoms with van der Waals surface area (Å²) in [5.41, 5.74) is -0.213. The van der Waals surface area contributed by atoms with Crippen molar-refractivity contribution < 1.29 is 14.6 Å². The minimum atomic E-state index is -0.728. The molecule has 0 fully saturated rings. The fraction of sp³-hybridized carbons (Fsp3) is 0.214. The predicted molar refractivity (Wildman–Crippen MR) is 78.1 cm³/mol. The smallest absolute Gasteiger partial charge is 0.298 e. The third kappa shape index (κ3) is 2.58. The van der Waals surface area contributed by atoms with E-state index in [4.69, 9.17) is 16.3 Å². The highest BCUT2D eigenvalue weighted by molar-refractivity contribution is 6.35. The largest absolute Gasteiger partial charge is 0.505 e. The van der Waals surface area contributed by atoms with E-state index in [9.17, 15) is 9.90 Å². The molecule has 5 nitrogen and oxygen atoms in total. The van der Waals surface area contributed by atoms with Crippen molar-refractivity contribution in [3.63, 3.8) is 0 Å². The number of ether oxygens (including phenoxy) is 1. The molecule has 0 aliphatic heterocycles. The average Bonchev–Trinajstić information content (AvgIpc) is 2.41. The van der Waals surface area contributed by atoms with Gasteiger partial charge in [-0.25, -0.2) is 9.98 Å². The van der Waals surface area contributed by atoms with Crippen LogP contribution in [0.3, 0.4) is 0 Å². The molecule has 1 aromatic heterocycles. The molecule has 1 N–H and O–H groups in total. The Morgan fingerprint density at radius 3 is 2.75 bits per heavy atom. The van der Waals surface area contributed by atoms with Gasteiger partial charge in [0, 0.05) is 10.8 Å². The molecule has 0 radical (unpaired) electrons. The molecule has 1 amide bonds. The first kappa shape index (κ1) is 14.3. The molecule has 104 valence electrons. The molecule has 2 rings (SSSR count). The van der Waals surface area contributed by atoms with Gasteiger partial charge in [0.2, 0.25) is 0 Å². The van der Waals surface area contributed by atoms with Crippen LogP contribution in [-0.2, 0) is 0 Å². The lowest BCUT2D eigenvalue weighted by molar-refractivity contribution is 0.0996. The van der Waals surface area contributed by atoms with Gasteiger partial charge in [-0.3, -0.25) is 4.79 Å².